The summed E-state index contributed by atoms with van der Waals surface area (Å²) in [5.41, 5.74) is 2.25. The maximum atomic E-state index is 12.2. The molecule has 11 heteroatoms. The molecule has 0 saturated carbocycles. The lowest BCUT2D eigenvalue weighted by Gasteiger charge is -2.14. The second-order valence-corrected chi connectivity index (χ2v) is 7.48. The summed E-state index contributed by atoms with van der Waals surface area (Å²) in [4.78, 5) is 31.7. The zero-order chi connectivity index (χ0) is 25.1. The van der Waals surface area contributed by atoms with E-state index in [0.29, 0.717) is 22.3 Å². The van der Waals surface area contributed by atoms with E-state index < -0.39 is 12.3 Å². The Morgan fingerprint density at radius 2 is 1.67 bits per heavy atom. The van der Waals surface area contributed by atoms with Crippen LogP contribution in [0.15, 0.2) is 60.9 Å². The quantitative estimate of drug-likeness (QED) is 0.259. The van der Waals surface area contributed by atoms with E-state index in [1.54, 1.807) is 30.5 Å². The Labute approximate surface area is 204 Å². The number of benzene rings is 3. The van der Waals surface area contributed by atoms with Crippen molar-refractivity contribution in [2.75, 3.05) is 13.2 Å². The summed E-state index contributed by atoms with van der Waals surface area (Å²) < 4.78 is 22.4. The van der Waals surface area contributed by atoms with Gasteiger partial charge in [0.1, 0.15) is 5.75 Å². The molecule has 0 spiro atoms. The largest absolute Gasteiger partial charge is 0.516 e. The number of nitrogens with zero attached hydrogens (tertiary/aromatic N) is 4. The van der Waals surface area contributed by atoms with Gasteiger partial charge in [-0.25, -0.2) is 19.1 Å². The highest BCUT2D eigenvalue weighted by atomic mass is 16.7. The molecule has 0 amide bonds. The first-order valence-electron chi connectivity index (χ1n) is 11.2. The number of H-pyrrole nitrogens is 1. The molecule has 2 aromatic heterocycles. The average Bonchev–Trinajstić information content (AvgIpc) is 3.50. The van der Waals surface area contributed by atoms with Gasteiger partial charge in [0.2, 0.25) is 0 Å². The number of ether oxygens (including phenoxy) is 4. The molecule has 11 nitrogen and oxygen atoms in total. The number of hydrogen-bond acceptors (Lipinski definition) is 9. The van der Waals surface area contributed by atoms with Gasteiger partial charge >= 0.3 is 18.3 Å². The summed E-state index contributed by atoms with van der Waals surface area (Å²) in [5, 5.41) is 10.2. The summed E-state index contributed by atoms with van der Waals surface area (Å²) in [6, 6.07) is 16.6. The Balaban J connectivity index is 1.75. The molecular formula is C25H21N5O6. The van der Waals surface area contributed by atoms with Gasteiger partial charge in [-0.1, -0.05) is 41.5 Å². The highest BCUT2D eigenvalue weighted by Crippen LogP contribution is 2.37. The van der Waals surface area contributed by atoms with Crippen LogP contribution in [0.3, 0.4) is 0 Å². The molecule has 3 aromatic carbocycles. The second-order valence-electron chi connectivity index (χ2n) is 7.48. The third-order valence-corrected chi connectivity index (χ3v) is 5.30. The van der Waals surface area contributed by atoms with Crippen LogP contribution in [0.4, 0.5) is 9.59 Å². The summed E-state index contributed by atoms with van der Waals surface area (Å²) in [6.45, 7) is 3.61. The van der Waals surface area contributed by atoms with Crippen molar-refractivity contribution in [1.82, 2.24) is 24.7 Å². The molecule has 0 aliphatic heterocycles. The fraction of sp³-hybridized carbons (Fsp3) is 0.160. The zero-order valence-electron chi connectivity index (χ0n) is 19.4. The molecule has 0 unspecified atom stereocenters. The number of carbonyl (C=O) groups excluding carboxylic acids is 2. The highest BCUT2D eigenvalue weighted by Gasteiger charge is 2.25. The van der Waals surface area contributed by atoms with Crippen molar-refractivity contribution in [1.29, 1.82) is 0 Å². The number of aromatic nitrogens is 5. The fourth-order valence-corrected chi connectivity index (χ4v) is 3.81. The van der Waals surface area contributed by atoms with Crippen molar-refractivity contribution < 1.29 is 28.5 Å². The van der Waals surface area contributed by atoms with E-state index in [1.165, 1.54) is 6.33 Å². The van der Waals surface area contributed by atoms with Gasteiger partial charge in [0, 0.05) is 11.5 Å². The topological polar surface area (TPSA) is 130 Å². The minimum atomic E-state index is -0.927. The Bertz CT molecular complexity index is 1570. The SMILES string of the molecule is CCOC(=O)Oc1cc2[nH]cnc2cc1-c1nnc(OC(=O)OCC)n1-c1cccc2ccccc12. The van der Waals surface area contributed by atoms with E-state index in [2.05, 4.69) is 20.2 Å². The zero-order valence-corrected chi connectivity index (χ0v) is 19.4. The first-order valence-corrected chi connectivity index (χ1v) is 11.2. The average molecular weight is 487 g/mol. The van der Waals surface area contributed by atoms with E-state index in [-0.39, 0.29) is 30.8 Å². The number of rotatable bonds is 6. The maximum Gasteiger partial charge on any atom is 0.516 e. The molecule has 0 fully saturated rings. The predicted octanol–water partition coefficient (Wildman–Crippen LogP) is 5.03. The second kappa shape index (κ2) is 9.74. The van der Waals surface area contributed by atoms with Crippen LogP contribution in [-0.4, -0.2) is 50.3 Å². The van der Waals surface area contributed by atoms with Gasteiger partial charge in [0.15, 0.2) is 5.82 Å². The molecule has 0 aliphatic rings. The Morgan fingerprint density at radius 1 is 0.917 bits per heavy atom. The predicted molar refractivity (Wildman–Crippen MR) is 129 cm³/mol. The molecule has 182 valence electrons. The van der Waals surface area contributed by atoms with Crippen molar-refractivity contribution in [2.24, 2.45) is 0 Å². The van der Waals surface area contributed by atoms with Gasteiger partial charge in [-0.3, -0.25) is 0 Å². The van der Waals surface area contributed by atoms with E-state index in [9.17, 15) is 9.59 Å². The molecule has 0 radical (unpaired) electrons. The lowest BCUT2D eigenvalue weighted by Crippen LogP contribution is -2.14. The van der Waals surface area contributed by atoms with Crippen LogP contribution >= 0.6 is 0 Å². The van der Waals surface area contributed by atoms with Crippen LogP contribution in [0, 0.1) is 0 Å². The van der Waals surface area contributed by atoms with Gasteiger partial charge in [-0.2, -0.15) is 0 Å². The van der Waals surface area contributed by atoms with Crippen molar-refractivity contribution in [2.45, 2.75) is 13.8 Å². The molecule has 0 atom stereocenters. The van der Waals surface area contributed by atoms with E-state index in [1.807, 2.05) is 42.5 Å². The number of imidazole rings is 1. The Morgan fingerprint density at radius 3 is 2.47 bits per heavy atom. The minimum Gasteiger partial charge on any atom is -0.434 e. The monoisotopic (exact) mass is 487 g/mol. The van der Waals surface area contributed by atoms with Gasteiger partial charge < -0.3 is 23.9 Å². The van der Waals surface area contributed by atoms with Crippen LogP contribution in [0.1, 0.15) is 13.8 Å². The van der Waals surface area contributed by atoms with Crippen molar-refractivity contribution >= 4 is 34.1 Å². The molecule has 2 heterocycles. The summed E-state index contributed by atoms with van der Waals surface area (Å²) >= 11 is 0. The smallest absolute Gasteiger partial charge is 0.434 e. The van der Waals surface area contributed by atoms with Gasteiger partial charge in [0.25, 0.3) is 0 Å². The van der Waals surface area contributed by atoms with Crippen molar-refractivity contribution in [3.05, 3.63) is 60.9 Å². The molecule has 36 heavy (non-hydrogen) atoms. The lowest BCUT2D eigenvalue weighted by atomic mass is 10.1. The molecule has 0 bridgehead atoms. The van der Waals surface area contributed by atoms with E-state index in [0.717, 1.165) is 10.8 Å². The number of hydrogen-bond donors (Lipinski definition) is 1. The van der Waals surface area contributed by atoms with E-state index in [4.69, 9.17) is 18.9 Å². The molecular weight excluding hydrogens is 466 g/mol. The minimum absolute atomic E-state index is 0.121. The summed E-state index contributed by atoms with van der Waals surface area (Å²) in [6.07, 6.45) is -0.284. The molecule has 0 saturated heterocycles. The van der Waals surface area contributed by atoms with Gasteiger partial charge in [0.05, 0.1) is 41.8 Å². The fourth-order valence-electron chi connectivity index (χ4n) is 3.81. The molecule has 0 aliphatic carbocycles. The van der Waals surface area contributed by atoms with Crippen LogP contribution in [0.5, 0.6) is 11.8 Å². The standard InChI is InChI=1S/C25H21N5O6/c1-3-33-24(31)35-21-13-19-18(26-14-27-19)12-17(21)22-28-29-23(36-25(32)34-4-2)30(22)20-11-7-9-15-8-5-6-10-16(15)20/h5-14H,3-4H2,1-2H3,(H,26,27). The number of carbonyl (C=O) groups is 2. The van der Waals surface area contributed by atoms with Crippen molar-refractivity contribution in [3.63, 3.8) is 0 Å². The molecule has 5 aromatic rings. The van der Waals surface area contributed by atoms with Crippen LogP contribution in [0.25, 0.3) is 38.9 Å². The first-order chi connectivity index (χ1) is 17.6. The van der Waals surface area contributed by atoms with Crippen LogP contribution < -0.4 is 9.47 Å². The molecule has 5 rings (SSSR count). The Kier molecular flexibility index (Phi) is 6.18. The lowest BCUT2D eigenvalue weighted by molar-refractivity contribution is 0.0998. The van der Waals surface area contributed by atoms with Gasteiger partial charge in [-0.15, -0.1) is 5.10 Å². The van der Waals surface area contributed by atoms with Crippen molar-refractivity contribution in [3.8, 4) is 28.8 Å². The maximum absolute atomic E-state index is 12.2. The molecule has 1 N–H and O–H groups in total. The third kappa shape index (κ3) is 4.29. The van der Waals surface area contributed by atoms with Gasteiger partial charge in [-0.05, 0) is 31.4 Å². The normalized spacial score (nSPS) is 10.9. The first kappa shape index (κ1) is 22.8. The summed E-state index contributed by atoms with van der Waals surface area (Å²) in [5.74, 6) is 0.400. The Hall–Kier alpha value is -4.93. The third-order valence-electron chi connectivity index (χ3n) is 5.30. The van der Waals surface area contributed by atoms with E-state index >= 15 is 0 Å². The van der Waals surface area contributed by atoms with Crippen LogP contribution in [0.2, 0.25) is 0 Å². The summed E-state index contributed by atoms with van der Waals surface area (Å²) in [7, 11) is 0. The number of fused-ring (bicyclic) bond motifs is 2. The number of nitrogens with one attached hydrogen (secondary N) is 1. The number of aromatic amines is 1. The highest BCUT2D eigenvalue weighted by molar-refractivity contribution is 5.92. The van der Waals surface area contributed by atoms with Crippen LogP contribution in [-0.2, 0) is 9.47 Å².